The van der Waals surface area contributed by atoms with Gasteiger partial charge in [-0.15, -0.1) is 0 Å². The molecular weight excluding hydrogens is 400 g/mol. The van der Waals surface area contributed by atoms with Crippen LogP contribution in [0.15, 0.2) is 121 Å². The van der Waals surface area contributed by atoms with Gasteiger partial charge in [0.2, 0.25) is 0 Å². The van der Waals surface area contributed by atoms with Gasteiger partial charge in [0.25, 0.3) is 0 Å². The third-order valence-corrected chi connectivity index (χ3v) is 6.56. The molecule has 0 radical (unpaired) electrons. The fraction of sp³-hybridized carbons (Fsp3) is 0. The third kappa shape index (κ3) is 2.71. The largest absolute Gasteiger partial charge is 0.309 e. The van der Waals surface area contributed by atoms with Gasteiger partial charge in [-0.05, 0) is 41.8 Å². The van der Waals surface area contributed by atoms with Crippen molar-refractivity contribution in [1.82, 2.24) is 9.55 Å². The summed E-state index contributed by atoms with van der Waals surface area (Å²) < 4.78 is 2.38. The predicted molar refractivity (Wildman–Crippen MR) is 139 cm³/mol. The predicted octanol–water partition coefficient (Wildman–Crippen LogP) is 8.15. The molecule has 5 aromatic carbocycles. The van der Waals surface area contributed by atoms with Crippen LogP contribution in [0.3, 0.4) is 0 Å². The number of fused-ring (bicyclic) bond motifs is 6. The number of hydrogen-bond donors (Lipinski definition) is 0. The van der Waals surface area contributed by atoms with Crippen LogP contribution in [-0.4, -0.2) is 9.55 Å². The van der Waals surface area contributed by atoms with Crippen LogP contribution in [0.5, 0.6) is 0 Å². The van der Waals surface area contributed by atoms with Crippen LogP contribution in [0, 0.1) is 0 Å². The molecule has 0 aliphatic rings. The lowest BCUT2D eigenvalue weighted by molar-refractivity contribution is 1.18. The van der Waals surface area contributed by atoms with Crippen molar-refractivity contribution >= 4 is 43.5 Å². The fourth-order valence-electron chi connectivity index (χ4n) is 5.08. The summed E-state index contributed by atoms with van der Waals surface area (Å²) in [6, 6.07) is 43.0. The van der Waals surface area contributed by atoms with Crippen molar-refractivity contribution in [3.8, 4) is 16.9 Å². The van der Waals surface area contributed by atoms with Crippen LogP contribution in [0.25, 0.3) is 60.4 Å². The lowest BCUT2D eigenvalue weighted by atomic mass is 9.98. The highest BCUT2D eigenvalue weighted by Gasteiger charge is 2.17. The van der Waals surface area contributed by atoms with Gasteiger partial charge in [-0.3, -0.25) is 0 Å². The van der Waals surface area contributed by atoms with E-state index in [9.17, 15) is 0 Å². The highest BCUT2D eigenvalue weighted by molar-refractivity contribution is 6.20. The second kappa shape index (κ2) is 7.04. The minimum atomic E-state index is 1.02. The summed E-state index contributed by atoms with van der Waals surface area (Å²) in [6.45, 7) is 0. The number of hydrogen-bond acceptors (Lipinski definition) is 1. The smallest absolute Gasteiger partial charge is 0.0788 e. The van der Waals surface area contributed by atoms with Gasteiger partial charge in [0.1, 0.15) is 0 Å². The lowest BCUT2D eigenvalue weighted by Gasteiger charge is -2.12. The first-order valence-electron chi connectivity index (χ1n) is 11.2. The molecule has 154 valence electrons. The van der Waals surface area contributed by atoms with Crippen molar-refractivity contribution in [3.05, 3.63) is 121 Å². The summed E-state index contributed by atoms with van der Waals surface area (Å²) in [5.41, 5.74) is 6.79. The Kier molecular flexibility index (Phi) is 3.88. The normalized spacial score (nSPS) is 11.6. The maximum atomic E-state index is 5.12. The Bertz CT molecular complexity index is 1800. The van der Waals surface area contributed by atoms with Crippen LogP contribution in [0.1, 0.15) is 0 Å². The van der Waals surface area contributed by atoms with E-state index < -0.39 is 0 Å². The first-order chi connectivity index (χ1) is 16.4. The summed E-state index contributed by atoms with van der Waals surface area (Å²) in [6.07, 6.45) is 0. The summed E-state index contributed by atoms with van der Waals surface area (Å²) >= 11 is 0. The lowest BCUT2D eigenvalue weighted by Crippen LogP contribution is -1.94. The summed E-state index contributed by atoms with van der Waals surface area (Å²) in [4.78, 5) is 5.12. The standard InChI is InChI=1S/C31H20N2/c1-3-11-21(12-4-1)31-27-19-26-24-16-8-10-18-29(24)33(22-13-5-2-6-14-22)30(26)20-25(27)23-15-7-9-17-28(23)32-31/h1-20H. The van der Waals surface area contributed by atoms with Gasteiger partial charge in [-0.2, -0.15) is 0 Å². The third-order valence-electron chi connectivity index (χ3n) is 6.56. The van der Waals surface area contributed by atoms with Crippen LogP contribution in [0.4, 0.5) is 0 Å². The Hall–Kier alpha value is -4.43. The summed E-state index contributed by atoms with van der Waals surface area (Å²) in [5.74, 6) is 0. The highest BCUT2D eigenvalue weighted by atomic mass is 15.0. The van der Waals surface area contributed by atoms with Gasteiger partial charge in [0.05, 0.1) is 22.2 Å². The van der Waals surface area contributed by atoms with E-state index in [4.69, 9.17) is 4.98 Å². The van der Waals surface area contributed by atoms with E-state index >= 15 is 0 Å². The fourth-order valence-corrected chi connectivity index (χ4v) is 5.08. The molecule has 0 unspecified atom stereocenters. The summed E-state index contributed by atoms with van der Waals surface area (Å²) in [7, 11) is 0. The molecule has 2 heteroatoms. The minimum absolute atomic E-state index is 1.02. The van der Waals surface area contributed by atoms with Crippen LogP contribution < -0.4 is 0 Å². The van der Waals surface area contributed by atoms with E-state index in [1.165, 1.54) is 43.7 Å². The van der Waals surface area contributed by atoms with E-state index in [1.54, 1.807) is 0 Å². The van der Waals surface area contributed by atoms with Crippen molar-refractivity contribution in [1.29, 1.82) is 0 Å². The average molecular weight is 421 g/mol. The highest BCUT2D eigenvalue weighted by Crippen LogP contribution is 2.39. The monoisotopic (exact) mass is 420 g/mol. The molecule has 0 aliphatic carbocycles. The van der Waals surface area contributed by atoms with E-state index in [0.29, 0.717) is 0 Å². The molecule has 0 fully saturated rings. The SMILES string of the molecule is c1ccc(-c2nc3ccccc3c3cc4c(cc23)c2ccccc2n4-c2ccccc2)cc1. The van der Waals surface area contributed by atoms with Gasteiger partial charge < -0.3 is 4.57 Å². The quantitative estimate of drug-likeness (QED) is 0.258. The molecule has 0 amide bonds. The second-order valence-corrected chi connectivity index (χ2v) is 8.45. The van der Waals surface area contributed by atoms with Crippen LogP contribution in [-0.2, 0) is 0 Å². The van der Waals surface area contributed by atoms with Gasteiger partial charge in [-0.25, -0.2) is 4.98 Å². The zero-order valence-electron chi connectivity index (χ0n) is 17.9. The molecule has 33 heavy (non-hydrogen) atoms. The first kappa shape index (κ1) is 18.2. The van der Waals surface area contributed by atoms with Crippen LogP contribution in [0.2, 0.25) is 0 Å². The number of benzene rings is 5. The Morgan fingerprint density at radius 3 is 1.94 bits per heavy atom. The number of nitrogens with zero attached hydrogens (tertiary/aromatic N) is 2. The topological polar surface area (TPSA) is 17.8 Å². The maximum Gasteiger partial charge on any atom is 0.0788 e. The van der Waals surface area contributed by atoms with Crippen LogP contribution >= 0.6 is 0 Å². The number of pyridine rings is 1. The molecule has 0 bridgehead atoms. The Labute approximate surface area is 191 Å². The minimum Gasteiger partial charge on any atom is -0.309 e. The Morgan fingerprint density at radius 1 is 0.455 bits per heavy atom. The molecule has 0 aliphatic heterocycles. The molecule has 0 N–H and O–H groups in total. The van der Waals surface area contributed by atoms with Gasteiger partial charge in [0.15, 0.2) is 0 Å². The zero-order valence-corrected chi connectivity index (χ0v) is 17.9. The molecule has 2 nitrogen and oxygen atoms in total. The molecule has 7 rings (SSSR count). The van der Waals surface area contributed by atoms with Crippen molar-refractivity contribution in [3.63, 3.8) is 0 Å². The molecule has 7 aromatic rings. The number of aromatic nitrogens is 2. The number of para-hydroxylation sites is 3. The van der Waals surface area contributed by atoms with Crippen molar-refractivity contribution in [2.45, 2.75) is 0 Å². The molecule has 0 saturated heterocycles. The first-order valence-corrected chi connectivity index (χ1v) is 11.2. The van der Waals surface area contributed by atoms with E-state index in [-0.39, 0.29) is 0 Å². The van der Waals surface area contributed by atoms with Gasteiger partial charge in [-0.1, -0.05) is 84.9 Å². The Morgan fingerprint density at radius 2 is 1.12 bits per heavy atom. The van der Waals surface area contributed by atoms with Crippen molar-refractivity contribution < 1.29 is 0 Å². The van der Waals surface area contributed by atoms with Gasteiger partial charge in [0, 0.05) is 32.8 Å². The van der Waals surface area contributed by atoms with Crippen molar-refractivity contribution in [2.24, 2.45) is 0 Å². The summed E-state index contributed by atoms with van der Waals surface area (Å²) in [5, 5.41) is 6.09. The van der Waals surface area contributed by atoms with E-state index in [2.05, 4.69) is 126 Å². The maximum absolute atomic E-state index is 5.12. The molecule has 0 saturated carbocycles. The molecule has 2 aromatic heterocycles. The number of rotatable bonds is 2. The van der Waals surface area contributed by atoms with E-state index in [0.717, 1.165) is 16.8 Å². The average Bonchev–Trinajstić information content (AvgIpc) is 3.21. The Balaban J connectivity index is 1.71. The van der Waals surface area contributed by atoms with Gasteiger partial charge >= 0.3 is 0 Å². The second-order valence-electron chi connectivity index (χ2n) is 8.45. The zero-order chi connectivity index (χ0) is 21.8. The molecule has 0 spiro atoms. The van der Waals surface area contributed by atoms with E-state index in [1.807, 2.05) is 0 Å². The molecular formula is C31H20N2. The molecule has 2 heterocycles. The molecule has 0 atom stereocenters. The van der Waals surface area contributed by atoms with Crippen molar-refractivity contribution in [2.75, 3.05) is 0 Å².